The smallest absolute Gasteiger partial charge is 0.459 e. The molecular formula is C16H24NO7P. The van der Waals surface area contributed by atoms with Crippen LogP contribution in [0.2, 0.25) is 0 Å². The first-order valence-electron chi connectivity index (χ1n) is 8.09. The maximum absolute atomic E-state index is 13.1. The maximum atomic E-state index is 13.1. The molecule has 2 atom stereocenters. The summed E-state index contributed by atoms with van der Waals surface area (Å²) in [5, 5.41) is 2.60. The van der Waals surface area contributed by atoms with Crippen molar-refractivity contribution in [2.24, 2.45) is 0 Å². The summed E-state index contributed by atoms with van der Waals surface area (Å²) < 4.78 is 39.6. The standard InChI is InChI=1S/C16H24NO7P/c1-12(2)23-16(18)13(3)17-25(19,22-11-15-20-9-10-21-15)24-14-7-5-4-6-8-14/h4-8,12-13,15H,9-11H2,1-3H3,(H,17,19)/t13-,25?/m0/s1. The van der Waals surface area contributed by atoms with Crippen molar-refractivity contribution in [3.63, 3.8) is 0 Å². The molecule has 1 heterocycles. The molecule has 0 aromatic heterocycles. The Morgan fingerprint density at radius 1 is 1.24 bits per heavy atom. The fraction of sp³-hybridized carbons (Fsp3) is 0.562. The van der Waals surface area contributed by atoms with Gasteiger partial charge in [0.05, 0.1) is 19.3 Å². The molecule has 9 heteroatoms. The molecule has 8 nitrogen and oxygen atoms in total. The molecule has 25 heavy (non-hydrogen) atoms. The second-order valence-electron chi connectivity index (χ2n) is 5.71. The largest absolute Gasteiger partial charge is 0.462 e. The van der Waals surface area contributed by atoms with E-state index in [-0.39, 0.29) is 12.7 Å². The SMILES string of the molecule is CC(C)OC(=O)[C@H](C)NP(=O)(OCC1OCCO1)Oc1ccccc1. The molecule has 0 bridgehead atoms. The molecule has 0 saturated carbocycles. The average Bonchev–Trinajstić information content (AvgIpc) is 3.07. The fourth-order valence-electron chi connectivity index (χ4n) is 2.00. The molecule has 1 N–H and O–H groups in total. The number of carbonyl (C=O) groups is 1. The van der Waals surface area contributed by atoms with Crippen LogP contribution in [0.4, 0.5) is 0 Å². The van der Waals surface area contributed by atoms with E-state index in [0.717, 1.165) is 0 Å². The highest BCUT2D eigenvalue weighted by atomic mass is 31.2. The topological polar surface area (TPSA) is 92.3 Å². The lowest BCUT2D eigenvalue weighted by atomic mass is 10.3. The average molecular weight is 373 g/mol. The van der Waals surface area contributed by atoms with E-state index in [4.69, 9.17) is 23.3 Å². The Labute approximate surface area is 147 Å². The molecule has 0 aliphatic carbocycles. The lowest BCUT2D eigenvalue weighted by Gasteiger charge is -2.24. The van der Waals surface area contributed by atoms with Gasteiger partial charge in [0.1, 0.15) is 18.4 Å². The first-order chi connectivity index (χ1) is 11.9. The zero-order valence-electron chi connectivity index (χ0n) is 14.5. The minimum atomic E-state index is -3.86. The van der Waals surface area contributed by atoms with E-state index in [1.165, 1.54) is 6.92 Å². The number of rotatable bonds is 9. The van der Waals surface area contributed by atoms with Crippen LogP contribution < -0.4 is 9.61 Å². The predicted molar refractivity (Wildman–Crippen MR) is 90.1 cm³/mol. The van der Waals surface area contributed by atoms with Gasteiger partial charge in [-0.3, -0.25) is 9.32 Å². The number of benzene rings is 1. The molecule has 2 rings (SSSR count). The molecule has 1 aliphatic rings. The van der Waals surface area contributed by atoms with Gasteiger partial charge in [0, 0.05) is 0 Å². The molecular weight excluding hydrogens is 349 g/mol. The second kappa shape index (κ2) is 9.31. The Bertz CT molecular complexity index is 589. The number of esters is 1. The van der Waals surface area contributed by atoms with E-state index >= 15 is 0 Å². The molecule has 0 radical (unpaired) electrons. The zero-order chi connectivity index (χ0) is 18.3. The van der Waals surface area contributed by atoms with Gasteiger partial charge in [-0.05, 0) is 32.9 Å². The van der Waals surface area contributed by atoms with Crippen LogP contribution in [0.15, 0.2) is 30.3 Å². The second-order valence-corrected chi connectivity index (χ2v) is 7.40. The van der Waals surface area contributed by atoms with Crippen LogP contribution in [0.1, 0.15) is 20.8 Å². The third kappa shape index (κ3) is 6.76. The van der Waals surface area contributed by atoms with E-state index in [1.807, 2.05) is 0 Å². The van der Waals surface area contributed by atoms with Crippen molar-refractivity contribution in [3.05, 3.63) is 30.3 Å². The molecule has 0 spiro atoms. The Morgan fingerprint density at radius 2 is 1.88 bits per heavy atom. The first kappa shape index (κ1) is 19.9. The zero-order valence-corrected chi connectivity index (χ0v) is 15.4. The van der Waals surface area contributed by atoms with Crippen molar-refractivity contribution < 1.29 is 32.6 Å². The monoisotopic (exact) mass is 373 g/mol. The third-order valence-electron chi connectivity index (χ3n) is 3.10. The van der Waals surface area contributed by atoms with Gasteiger partial charge in [0.2, 0.25) is 0 Å². The van der Waals surface area contributed by atoms with Crippen LogP contribution >= 0.6 is 7.75 Å². The summed E-state index contributed by atoms with van der Waals surface area (Å²) in [6.07, 6.45) is -0.903. The summed E-state index contributed by atoms with van der Waals surface area (Å²) in [5.41, 5.74) is 0. The minimum absolute atomic E-state index is 0.0942. The van der Waals surface area contributed by atoms with E-state index < -0.39 is 26.0 Å². The van der Waals surface area contributed by atoms with Crippen LogP contribution in [0.25, 0.3) is 0 Å². The van der Waals surface area contributed by atoms with Gasteiger partial charge in [-0.1, -0.05) is 18.2 Å². The summed E-state index contributed by atoms with van der Waals surface area (Å²) in [6, 6.07) is 7.66. The van der Waals surface area contributed by atoms with Crippen LogP contribution in [0.5, 0.6) is 5.75 Å². The number of nitrogens with one attached hydrogen (secondary N) is 1. The number of carbonyl (C=O) groups excluding carboxylic acids is 1. The van der Waals surface area contributed by atoms with Crippen molar-refractivity contribution in [1.29, 1.82) is 0 Å². The summed E-state index contributed by atoms with van der Waals surface area (Å²) in [6.45, 7) is 5.79. The normalized spacial score (nSPS) is 18.7. The highest BCUT2D eigenvalue weighted by molar-refractivity contribution is 7.52. The van der Waals surface area contributed by atoms with Gasteiger partial charge in [-0.15, -0.1) is 0 Å². The van der Waals surface area contributed by atoms with Gasteiger partial charge >= 0.3 is 13.7 Å². The van der Waals surface area contributed by atoms with Crippen molar-refractivity contribution in [2.45, 2.75) is 39.2 Å². The quantitative estimate of drug-likeness (QED) is 0.521. The maximum Gasteiger partial charge on any atom is 0.459 e. The Morgan fingerprint density at radius 3 is 2.48 bits per heavy atom. The Balaban J connectivity index is 2.04. The van der Waals surface area contributed by atoms with Gasteiger partial charge in [-0.25, -0.2) is 4.57 Å². The predicted octanol–water partition coefficient (Wildman–Crippen LogP) is 2.49. The highest BCUT2D eigenvalue weighted by Gasteiger charge is 2.34. The molecule has 1 aromatic rings. The number of ether oxygens (including phenoxy) is 3. The third-order valence-corrected chi connectivity index (χ3v) is 4.74. The summed E-state index contributed by atoms with van der Waals surface area (Å²) in [4.78, 5) is 12.0. The lowest BCUT2D eigenvalue weighted by Crippen LogP contribution is -2.36. The Hall–Kier alpha value is -1.44. The minimum Gasteiger partial charge on any atom is -0.462 e. The summed E-state index contributed by atoms with van der Waals surface area (Å²) >= 11 is 0. The van der Waals surface area contributed by atoms with E-state index in [1.54, 1.807) is 44.2 Å². The molecule has 1 fully saturated rings. The van der Waals surface area contributed by atoms with E-state index in [0.29, 0.717) is 19.0 Å². The lowest BCUT2D eigenvalue weighted by molar-refractivity contribution is -0.149. The molecule has 1 aliphatic heterocycles. The van der Waals surface area contributed by atoms with Gasteiger partial charge < -0.3 is 18.7 Å². The van der Waals surface area contributed by atoms with Crippen LogP contribution in [0, 0.1) is 0 Å². The molecule has 1 unspecified atom stereocenters. The van der Waals surface area contributed by atoms with Crippen molar-refractivity contribution in [3.8, 4) is 5.75 Å². The number of hydrogen-bond donors (Lipinski definition) is 1. The number of hydrogen-bond acceptors (Lipinski definition) is 7. The Kier molecular flexibility index (Phi) is 7.40. The van der Waals surface area contributed by atoms with E-state index in [2.05, 4.69) is 5.09 Å². The number of para-hydroxylation sites is 1. The molecule has 1 aromatic carbocycles. The molecule has 1 saturated heterocycles. The van der Waals surface area contributed by atoms with Crippen LogP contribution in [0.3, 0.4) is 0 Å². The van der Waals surface area contributed by atoms with Gasteiger partial charge in [-0.2, -0.15) is 5.09 Å². The van der Waals surface area contributed by atoms with Crippen molar-refractivity contribution >= 4 is 13.7 Å². The van der Waals surface area contributed by atoms with Crippen LogP contribution in [-0.4, -0.2) is 44.2 Å². The summed E-state index contributed by atoms with van der Waals surface area (Å²) in [5.74, 6) is -0.208. The van der Waals surface area contributed by atoms with Crippen LogP contribution in [-0.2, 0) is 28.1 Å². The van der Waals surface area contributed by atoms with Crippen molar-refractivity contribution in [1.82, 2.24) is 5.09 Å². The first-order valence-corrected chi connectivity index (χ1v) is 9.63. The summed E-state index contributed by atoms with van der Waals surface area (Å²) in [7, 11) is -3.86. The fourth-order valence-corrected chi connectivity index (χ4v) is 3.47. The van der Waals surface area contributed by atoms with Gasteiger partial charge in [0.15, 0.2) is 6.29 Å². The highest BCUT2D eigenvalue weighted by Crippen LogP contribution is 2.45. The van der Waals surface area contributed by atoms with Crippen molar-refractivity contribution in [2.75, 3.05) is 19.8 Å². The molecule has 140 valence electrons. The molecule has 0 amide bonds. The van der Waals surface area contributed by atoms with Gasteiger partial charge in [0.25, 0.3) is 0 Å². The van der Waals surface area contributed by atoms with E-state index in [9.17, 15) is 9.36 Å².